The fourth-order valence-electron chi connectivity index (χ4n) is 5.14. The van der Waals surface area contributed by atoms with Crippen LogP contribution in [0.4, 0.5) is 11.6 Å². The Balaban J connectivity index is 1.42. The number of hydrogen-bond donors (Lipinski definition) is 2. The van der Waals surface area contributed by atoms with E-state index in [2.05, 4.69) is 54.6 Å². The maximum atomic E-state index is 13.1. The van der Waals surface area contributed by atoms with E-state index < -0.39 is 0 Å². The molecule has 8 heteroatoms. The van der Waals surface area contributed by atoms with Gasteiger partial charge < -0.3 is 10.6 Å². The van der Waals surface area contributed by atoms with Crippen LogP contribution in [-0.2, 0) is 23.9 Å². The highest BCUT2D eigenvalue weighted by Gasteiger charge is 2.46. The summed E-state index contributed by atoms with van der Waals surface area (Å²) < 4.78 is 3.48. The van der Waals surface area contributed by atoms with E-state index >= 15 is 0 Å². The molecule has 180 valence electrons. The Kier molecular flexibility index (Phi) is 4.86. The van der Waals surface area contributed by atoms with Crippen LogP contribution >= 0.6 is 0 Å². The highest BCUT2D eigenvalue weighted by atomic mass is 16.1. The van der Waals surface area contributed by atoms with Crippen molar-refractivity contribution in [1.82, 2.24) is 29.6 Å². The van der Waals surface area contributed by atoms with Crippen molar-refractivity contribution >= 4 is 22.7 Å². The maximum absolute atomic E-state index is 13.1. The number of fused-ring (bicyclic) bond motifs is 3. The van der Waals surface area contributed by atoms with Crippen molar-refractivity contribution in [3.8, 4) is 5.82 Å². The van der Waals surface area contributed by atoms with Gasteiger partial charge in [-0.15, -0.1) is 0 Å². The summed E-state index contributed by atoms with van der Waals surface area (Å²) >= 11 is 0. The number of rotatable bonds is 4. The second kappa shape index (κ2) is 7.75. The van der Waals surface area contributed by atoms with Crippen molar-refractivity contribution < 1.29 is 0 Å². The molecule has 3 aromatic heterocycles. The molecule has 2 aliphatic rings. The molecule has 0 unspecified atom stereocenters. The third kappa shape index (κ3) is 3.63. The van der Waals surface area contributed by atoms with Crippen LogP contribution in [0.2, 0.25) is 0 Å². The van der Waals surface area contributed by atoms with E-state index in [4.69, 9.17) is 9.97 Å². The molecule has 1 saturated carbocycles. The molecule has 0 amide bonds. The smallest absolute Gasteiger partial charge is 0.278 e. The lowest BCUT2D eigenvalue weighted by Crippen LogP contribution is -2.36. The summed E-state index contributed by atoms with van der Waals surface area (Å²) in [4.78, 5) is 27.3. The number of benzene rings is 1. The Bertz CT molecular complexity index is 1500. The zero-order valence-electron chi connectivity index (χ0n) is 20.7. The van der Waals surface area contributed by atoms with Crippen LogP contribution in [0.5, 0.6) is 0 Å². The van der Waals surface area contributed by atoms with E-state index in [-0.39, 0.29) is 16.5 Å². The number of nitrogens with zero attached hydrogens (tertiary/aromatic N) is 5. The van der Waals surface area contributed by atoms with Gasteiger partial charge in [0.15, 0.2) is 11.5 Å². The van der Waals surface area contributed by atoms with Gasteiger partial charge in [0, 0.05) is 41.6 Å². The van der Waals surface area contributed by atoms with Crippen molar-refractivity contribution in [2.24, 2.45) is 0 Å². The predicted octanol–water partition coefficient (Wildman–Crippen LogP) is 4.17. The average molecular weight is 470 g/mol. The summed E-state index contributed by atoms with van der Waals surface area (Å²) in [5.41, 5.74) is 5.23. The molecule has 6 rings (SSSR count). The number of hydrogen-bond acceptors (Lipinski definition) is 6. The van der Waals surface area contributed by atoms with E-state index in [1.807, 2.05) is 29.8 Å². The molecule has 35 heavy (non-hydrogen) atoms. The molecule has 1 aromatic carbocycles. The van der Waals surface area contributed by atoms with Crippen LogP contribution in [0.3, 0.4) is 0 Å². The minimum atomic E-state index is -0.118. The summed E-state index contributed by atoms with van der Waals surface area (Å²) in [6, 6.07) is 12.4. The van der Waals surface area contributed by atoms with Crippen molar-refractivity contribution in [1.29, 1.82) is 0 Å². The summed E-state index contributed by atoms with van der Waals surface area (Å²) in [6.45, 7) is 9.85. The third-order valence-electron chi connectivity index (χ3n) is 7.18. The molecular weight excluding hydrogens is 438 g/mol. The summed E-state index contributed by atoms with van der Waals surface area (Å²) in [5, 5.41) is 7.52. The van der Waals surface area contributed by atoms with Crippen LogP contribution in [0.25, 0.3) is 16.9 Å². The molecule has 1 aliphatic carbocycles. The average Bonchev–Trinajstić information content (AvgIpc) is 3.55. The molecule has 8 nitrogen and oxygen atoms in total. The standard InChI is InChI=1S/C27H31N7O/c1-5-33-24(35)19-16-28-25(30-18-9-10-20-17(15-18)11-14-29-27(20)12-13-27)32-23(19)34(33)22-8-6-7-21(31-22)26(2,3)4/h6-10,15-16,29H,5,11-14H2,1-4H3,(H,28,30,32). The molecule has 1 spiro atoms. The van der Waals surface area contributed by atoms with E-state index in [9.17, 15) is 4.79 Å². The minimum Gasteiger partial charge on any atom is -0.324 e. The number of aromatic nitrogens is 5. The Hall–Kier alpha value is -3.52. The lowest BCUT2D eigenvalue weighted by molar-refractivity contribution is 0.490. The largest absolute Gasteiger partial charge is 0.324 e. The van der Waals surface area contributed by atoms with Crippen molar-refractivity contribution in [3.05, 3.63) is 69.8 Å². The molecule has 0 saturated heterocycles. The van der Waals surface area contributed by atoms with Crippen molar-refractivity contribution in [2.45, 2.75) is 64.5 Å². The zero-order chi connectivity index (χ0) is 24.4. The highest BCUT2D eigenvalue weighted by molar-refractivity contribution is 5.77. The molecule has 4 aromatic rings. The minimum absolute atomic E-state index is 0.112. The van der Waals surface area contributed by atoms with Gasteiger partial charge >= 0.3 is 0 Å². The van der Waals surface area contributed by atoms with Gasteiger partial charge in [0.1, 0.15) is 5.39 Å². The van der Waals surface area contributed by atoms with Crippen LogP contribution in [0.15, 0.2) is 47.4 Å². The molecule has 1 aliphatic heterocycles. The Labute approximate surface area is 204 Å². The molecule has 4 heterocycles. The van der Waals surface area contributed by atoms with Gasteiger partial charge in [-0.2, -0.15) is 4.98 Å². The molecule has 2 N–H and O–H groups in total. The number of pyridine rings is 1. The molecule has 0 radical (unpaired) electrons. The van der Waals surface area contributed by atoms with Crippen LogP contribution < -0.4 is 16.2 Å². The third-order valence-corrected chi connectivity index (χ3v) is 7.18. The lowest BCUT2D eigenvalue weighted by atomic mass is 9.92. The highest BCUT2D eigenvalue weighted by Crippen LogP contribution is 2.48. The topological polar surface area (TPSA) is 89.7 Å². The fourth-order valence-corrected chi connectivity index (χ4v) is 5.14. The van der Waals surface area contributed by atoms with E-state index in [1.165, 1.54) is 24.0 Å². The maximum Gasteiger partial charge on any atom is 0.278 e. The zero-order valence-corrected chi connectivity index (χ0v) is 20.7. The first-order valence-corrected chi connectivity index (χ1v) is 12.4. The van der Waals surface area contributed by atoms with Gasteiger partial charge in [0.05, 0.1) is 0 Å². The summed E-state index contributed by atoms with van der Waals surface area (Å²) in [5.74, 6) is 1.13. The Morgan fingerprint density at radius 1 is 1.14 bits per heavy atom. The Morgan fingerprint density at radius 2 is 1.97 bits per heavy atom. The van der Waals surface area contributed by atoms with E-state index in [0.717, 1.165) is 24.3 Å². The SMILES string of the molecule is CCn1c(=O)c2cnc(Nc3ccc4c(c3)CCNC43CC3)nc2n1-c1cccc(C(C)(C)C)n1. The van der Waals surface area contributed by atoms with Gasteiger partial charge in [0.2, 0.25) is 5.95 Å². The predicted molar refractivity (Wildman–Crippen MR) is 138 cm³/mol. The van der Waals surface area contributed by atoms with Crippen molar-refractivity contribution in [3.63, 3.8) is 0 Å². The molecule has 0 bridgehead atoms. The first-order valence-electron chi connectivity index (χ1n) is 12.4. The van der Waals surface area contributed by atoms with Gasteiger partial charge in [-0.05, 0) is 61.6 Å². The molecule has 0 atom stereocenters. The van der Waals surface area contributed by atoms with Crippen LogP contribution in [-0.4, -0.2) is 30.9 Å². The molecule has 1 fully saturated rings. The van der Waals surface area contributed by atoms with Gasteiger partial charge in [-0.3, -0.25) is 4.79 Å². The van der Waals surface area contributed by atoms with Crippen LogP contribution in [0.1, 0.15) is 57.4 Å². The number of nitrogens with one attached hydrogen (secondary N) is 2. The first kappa shape index (κ1) is 22.0. The Morgan fingerprint density at radius 3 is 2.71 bits per heavy atom. The second-order valence-electron chi connectivity index (χ2n) is 10.7. The van der Waals surface area contributed by atoms with Gasteiger partial charge in [0.25, 0.3) is 5.56 Å². The second-order valence-corrected chi connectivity index (χ2v) is 10.7. The number of anilines is 2. The summed E-state index contributed by atoms with van der Waals surface area (Å²) in [7, 11) is 0. The quantitative estimate of drug-likeness (QED) is 0.466. The monoisotopic (exact) mass is 469 g/mol. The van der Waals surface area contributed by atoms with Gasteiger partial charge in [-0.1, -0.05) is 32.9 Å². The van der Waals surface area contributed by atoms with E-state index in [1.54, 1.807) is 10.9 Å². The van der Waals surface area contributed by atoms with Crippen molar-refractivity contribution in [2.75, 3.05) is 11.9 Å². The van der Waals surface area contributed by atoms with Crippen LogP contribution in [0, 0.1) is 0 Å². The van der Waals surface area contributed by atoms with Gasteiger partial charge in [-0.25, -0.2) is 19.3 Å². The fraction of sp³-hybridized carbons (Fsp3) is 0.407. The molecular formula is C27H31N7O. The first-order chi connectivity index (χ1) is 16.8. The lowest BCUT2D eigenvalue weighted by Gasteiger charge is -2.27. The van der Waals surface area contributed by atoms with E-state index in [0.29, 0.717) is 29.3 Å². The summed E-state index contributed by atoms with van der Waals surface area (Å²) in [6.07, 6.45) is 5.05. The normalized spacial score (nSPS) is 16.5.